The summed E-state index contributed by atoms with van der Waals surface area (Å²) >= 11 is 0. The SMILES string of the molecule is O=C(CNC1CCCCC1)Nc1c[nH]c2cc(F)c(F)cc12. The molecule has 118 valence electrons. The van der Waals surface area contributed by atoms with Gasteiger partial charge < -0.3 is 15.6 Å². The highest BCUT2D eigenvalue weighted by Gasteiger charge is 2.15. The molecule has 1 aliphatic carbocycles. The average Bonchev–Trinajstić information content (AvgIpc) is 2.89. The number of H-pyrrole nitrogens is 1. The van der Waals surface area contributed by atoms with E-state index < -0.39 is 11.6 Å². The summed E-state index contributed by atoms with van der Waals surface area (Å²) < 4.78 is 26.5. The van der Waals surface area contributed by atoms with Gasteiger partial charge in [-0.15, -0.1) is 0 Å². The number of carbonyl (C=O) groups excluding carboxylic acids is 1. The summed E-state index contributed by atoms with van der Waals surface area (Å²) in [5, 5.41) is 6.44. The number of rotatable bonds is 4. The van der Waals surface area contributed by atoms with Gasteiger partial charge in [0.15, 0.2) is 11.6 Å². The Bertz CT molecular complexity index is 677. The van der Waals surface area contributed by atoms with Gasteiger partial charge in [0.2, 0.25) is 5.91 Å². The maximum atomic E-state index is 13.3. The zero-order chi connectivity index (χ0) is 15.5. The summed E-state index contributed by atoms with van der Waals surface area (Å²) in [6, 6.07) is 2.57. The van der Waals surface area contributed by atoms with Crippen LogP contribution in [-0.4, -0.2) is 23.5 Å². The van der Waals surface area contributed by atoms with Crippen molar-refractivity contribution in [2.24, 2.45) is 0 Å². The van der Waals surface area contributed by atoms with Crippen LogP contribution in [0.3, 0.4) is 0 Å². The van der Waals surface area contributed by atoms with Crippen LogP contribution in [0, 0.1) is 11.6 Å². The molecule has 0 bridgehead atoms. The Labute approximate surface area is 127 Å². The van der Waals surface area contributed by atoms with Crippen LogP contribution in [0.2, 0.25) is 0 Å². The minimum Gasteiger partial charge on any atom is -0.359 e. The summed E-state index contributed by atoms with van der Waals surface area (Å²) in [6.07, 6.45) is 7.42. The molecule has 1 aromatic carbocycles. The van der Waals surface area contributed by atoms with E-state index in [-0.39, 0.29) is 12.5 Å². The smallest absolute Gasteiger partial charge is 0.238 e. The second kappa shape index (κ2) is 6.44. The number of hydrogen-bond acceptors (Lipinski definition) is 2. The van der Waals surface area contributed by atoms with Crippen molar-refractivity contribution in [1.29, 1.82) is 0 Å². The van der Waals surface area contributed by atoms with E-state index in [1.807, 2.05) is 0 Å². The van der Waals surface area contributed by atoms with Gasteiger partial charge in [0.05, 0.1) is 17.7 Å². The lowest BCUT2D eigenvalue weighted by Gasteiger charge is -2.22. The number of fused-ring (bicyclic) bond motifs is 1. The fourth-order valence-electron chi connectivity index (χ4n) is 2.96. The van der Waals surface area contributed by atoms with Crippen molar-refractivity contribution in [1.82, 2.24) is 10.3 Å². The van der Waals surface area contributed by atoms with Crippen LogP contribution >= 0.6 is 0 Å². The van der Waals surface area contributed by atoms with Crippen LogP contribution in [0.15, 0.2) is 18.3 Å². The largest absolute Gasteiger partial charge is 0.359 e. The Kier molecular flexibility index (Phi) is 4.38. The van der Waals surface area contributed by atoms with Crippen LogP contribution in [0.4, 0.5) is 14.5 Å². The predicted octanol–water partition coefficient (Wildman–Crippen LogP) is 3.31. The maximum absolute atomic E-state index is 13.3. The Morgan fingerprint density at radius 3 is 2.68 bits per heavy atom. The molecule has 6 heteroatoms. The lowest BCUT2D eigenvalue weighted by Crippen LogP contribution is -2.37. The first-order valence-corrected chi connectivity index (χ1v) is 7.63. The molecule has 22 heavy (non-hydrogen) atoms. The highest BCUT2D eigenvalue weighted by Crippen LogP contribution is 2.25. The fourth-order valence-corrected chi connectivity index (χ4v) is 2.96. The molecule has 0 unspecified atom stereocenters. The molecule has 0 atom stereocenters. The van der Waals surface area contributed by atoms with Crippen molar-refractivity contribution in [3.8, 4) is 0 Å². The van der Waals surface area contributed by atoms with Crippen molar-refractivity contribution in [2.45, 2.75) is 38.1 Å². The van der Waals surface area contributed by atoms with Gasteiger partial charge in [-0.05, 0) is 18.9 Å². The van der Waals surface area contributed by atoms with Crippen LogP contribution in [0.5, 0.6) is 0 Å². The number of nitrogens with one attached hydrogen (secondary N) is 3. The van der Waals surface area contributed by atoms with Gasteiger partial charge >= 0.3 is 0 Å². The molecule has 2 aromatic rings. The summed E-state index contributed by atoms with van der Waals surface area (Å²) in [5.41, 5.74) is 0.916. The monoisotopic (exact) mass is 307 g/mol. The molecular weight excluding hydrogens is 288 g/mol. The van der Waals surface area contributed by atoms with E-state index in [9.17, 15) is 13.6 Å². The Morgan fingerprint density at radius 1 is 1.18 bits per heavy atom. The van der Waals surface area contributed by atoms with Crippen molar-refractivity contribution >= 4 is 22.5 Å². The third-order valence-corrected chi connectivity index (χ3v) is 4.15. The van der Waals surface area contributed by atoms with Gasteiger partial charge in [0.25, 0.3) is 0 Å². The van der Waals surface area contributed by atoms with Gasteiger partial charge in [-0.2, -0.15) is 0 Å². The molecule has 1 heterocycles. The first-order chi connectivity index (χ1) is 10.6. The van der Waals surface area contributed by atoms with E-state index in [4.69, 9.17) is 0 Å². The molecule has 0 aliphatic heterocycles. The van der Waals surface area contributed by atoms with Crippen molar-refractivity contribution in [3.63, 3.8) is 0 Å². The summed E-state index contributed by atoms with van der Waals surface area (Å²) in [4.78, 5) is 14.8. The van der Waals surface area contributed by atoms with Crippen LogP contribution in [0.25, 0.3) is 10.9 Å². The second-order valence-electron chi connectivity index (χ2n) is 5.78. The normalized spacial score (nSPS) is 16.1. The standard InChI is InChI=1S/C16H19F2N3O/c17-12-6-11-14(7-13(12)18)20-8-15(11)21-16(22)9-19-10-4-2-1-3-5-10/h6-8,10,19-20H,1-5,9H2,(H,21,22). The predicted molar refractivity (Wildman–Crippen MR) is 81.7 cm³/mol. The van der Waals surface area contributed by atoms with Gasteiger partial charge in [-0.25, -0.2) is 8.78 Å². The van der Waals surface area contributed by atoms with Gasteiger partial charge in [0.1, 0.15) is 0 Å². The van der Waals surface area contributed by atoms with E-state index in [1.54, 1.807) is 6.20 Å². The first kappa shape index (κ1) is 15.0. The number of carbonyl (C=O) groups is 1. The molecule has 1 amide bonds. The Hall–Kier alpha value is -1.95. The van der Waals surface area contributed by atoms with E-state index in [1.165, 1.54) is 19.3 Å². The van der Waals surface area contributed by atoms with E-state index in [2.05, 4.69) is 15.6 Å². The number of benzene rings is 1. The molecule has 3 rings (SSSR count). The molecule has 1 aliphatic rings. The minimum atomic E-state index is -0.928. The average molecular weight is 307 g/mol. The van der Waals surface area contributed by atoms with Crippen molar-refractivity contribution < 1.29 is 13.6 Å². The fraction of sp³-hybridized carbons (Fsp3) is 0.438. The molecule has 3 N–H and O–H groups in total. The Balaban J connectivity index is 1.62. The number of aromatic amines is 1. The lowest BCUT2D eigenvalue weighted by atomic mass is 9.95. The van der Waals surface area contributed by atoms with E-state index in [0.717, 1.165) is 25.0 Å². The van der Waals surface area contributed by atoms with E-state index >= 15 is 0 Å². The zero-order valence-electron chi connectivity index (χ0n) is 12.2. The summed E-state index contributed by atoms with van der Waals surface area (Å²) in [7, 11) is 0. The minimum absolute atomic E-state index is 0.184. The molecule has 1 saturated carbocycles. The molecule has 0 saturated heterocycles. The molecule has 0 spiro atoms. The number of halogens is 2. The van der Waals surface area contributed by atoms with Crippen LogP contribution in [0.1, 0.15) is 32.1 Å². The molecule has 4 nitrogen and oxygen atoms in total. The molecule has 0 radical (unpaired) electrons. The molecule has 1 fully saturated rings. The second-order valence-corrected chi connectivity index (χ2v) is 5.78. The summed E-state index contributed by atoms with van der Waals surface area (Å²) in [6.45, 7) is 0.223. The van der Waals surface area contributed by atoms with E-state index in [0.29, 0.717) is 22.6 Å². The quantitative estimate of drug-likeness (QED) is 0.811. The number of amides is 1. The van der Waals surface area contributed by atoms with Crippen LogP contribution < -0.4 is 10.6 Å². The summed E-state index contributed by atoms with van der Waals surface area (Å²) in [5.74, 6) is -2.02. The number of anilines is 1. The zero-order valence-corrected chi connectivity index (χ0v) is 12.2. The maximum Gasteiger partial charge on any atom is 0.238 e. The number of aromatic nitrogens is 1. The topological polar surface area (TPSA) is 56.9 Å². The van der Waals surface area contributed by atoms with Crippen LogP contribution in [-0.2, 0) is 4.79 Å². The first-order valence-electron chi connectivity index (χ1n) is 7.63. The highest BCUT2D eigenvalue weighted by atomic mass is 19.2. The van der Waals surface area contributed by atoms with Crippen molar-refractivity contribution in [2.75, 3.05) is 11.9 Å². The van der Waals surface area contributed by atoms with Gasteiger partial charge in [-0.3, -0.25) is 4.79 Å². The lowest BCUT2D eigenvalue weighted by molar-refractivity contribution is -0.115. The molecular formula is C16H19F2N3O. The Morgan fingerprint density at radius 2 is 1.91 bits per heavy atom. The highest BCUT2D eigenvalue weighted by molar-refractivity contribution is 6.02. The van der Waals surface area contributed by atoms with Gasteiger partial charge in [-0.1, -0.05) is 19.3 Å². The van der Waals surface area contributed by atoms with Crippen molar-refractivity contribution in [3.05, 3.63) is 30.0 Å². The molecule has 1 aromatic heterocycles. The number of hydrogen-bond donors (Lipinski definition) is 3. The third-order valence-electron chi connectivity index (χ3n) is 4.15. The van der Waals surface area contributed by atoms with Gasteiger partial charge in [0, 0.05) is 23.7 Å². The third kappa shape index (κ3) is 3.27.